The van der Waals surface area contributed by atoms with E-state index in [9.17, 15) is 0 Å². The Bertz CT molecular complexity index is 870. The second kappa shape index (κ2) is 5.48. The number of hydrogen-bond donors (Lipinski definition) is 0. The van der Waals surface area contributed by atoms with Gasteiger partial charge in [-0.2, -0.15) is 0 Å². The van der Waals surface area contributed by atoms with E-state index in [4.69, 9.17) is 0 Å². The van der Waals surface area contributed by atoms with Crippen molar-refractivity contribution in [3.05, 3.63) is 72.3 Å². The summed E-state index contributed by atoms with van der Waals surface area (Å²) in [6.45, 7) is 0. The molecule has 0 spiro atoms. The van der Waals surface area contributed by atoms with Crippen LogP contribution in [-0.4, -0.2) is 19.9 Å². The molecule has 4 aromatic heterocycles. The second-order valence-electron chi connectivity index (χ2n) is 5.21. The van der Waals surface area contributed by atoms with Crippen molar-refractivity contribution in [2.45, 2.75) is 12.8 Å². The van der Waals surface area contributed by atoms with Crippen LogP contribution in [-0.2, 0) is 12.8 Å². The Kier molecular flexibility index (Phi) is 3.20. The summed E-state index contributed by atoms with van der Waals surface area (Å²) in [4.78, 5) is 17.8. The molecule has 106 valence electrons. The summed E-state index contributed by atoms with van der Waals surface area (Å²) in [5, 5.41) is 2.14. The SMILES string of the molecule is c1cnc2nc(CCc3ccc4cccnc4n3)ccc2c1. The second-order valence-corrected chi connectivity index (χ2v) is 5.21. The van der Waals surface area contributed by atoms with Crippen molar-refractivity contribution in [3.63, 3.8) is 0 Å². The summed E-state index contributed by atoms with van der Waals surface area (Å²) in [7, 11) is 0. The predicted molar refractivity (Wildman–Crippen MR) is 86.5 cm³/mol. The van der Waals surface area contributed by atoms with Gasteiger partial charge in [-0.1, -0.05) is 0 Å². The number of fused-ring (bicyclic) bond motifs is 2. The molecule has 4 heterocycles. The van der Waals surface area contributed by atoms with Crippen molar-refractivity contribution in [1.29, 1.82) is 0 Å². The summed E-state index contributed by atoms with van der Waals surface area (Å²) in [5.74, 6) is 0. The molecule has 0 amide bonds. The maximum absolute atomic E-state index is 4.60. The molecule has 4 heteroatoms. The van der Waals surface area contributed by atoms with Crippen LogP contribution in [0.3, 0.4) is 0 Å². The van der Waals surface area contributed by atoms with Crippen molar-refractivity contribution in [1.82, 2.24) is 19.9 Å². The zero-order valence-corrected chi connectivity index (χ0v) is 12.0. The monoisotopic (exact) mass is 286 g/mol. The lowest BCUT2D eigenvalue weighted by molar-refractivity contribution is 0.888. The lowest BCUT2D eigenvalue weighted by Gasteiger charge is -2.04. The van der Waals surface area contributed by atoms with Crippen LogP contribution in [0.4, 0.5) is 0 Å². The van der Waals surface area contributed by atoms with Crippen LogP contribution in [0.2, 0.25) is 0 Å². The van der Waals surface area contributed by atoms with Crippen LogP contribution in [0, 0.1) is 0 Å². The van der Waals surface area contributed by atoms with Gasteiger partial charge in [0.2, 0.25) is 0 Å². The molecule has 0 bridgehead atoms. The number of nitrogens with zero attached hydrogens (tertiary/aromatic N) is 4. The summed E-state index contributed by atoms with van der Waals surface area (Å²) in [6, 6.07) is 16.2. The first-order chi connectivity index (χ1) is 10.9. The van der Waals surface area contributed by atoms with E-state index in [1.165, 1.54) is 0 Å². The minimum atomic E-state index is 0.799. The Balaban J connectivity index is 1.57. The molecule has 0 unspecified atom stereocenters. The van der Waals surface area contributed by atoms with Crippen molar-refractivity contribution in [3.8, 4) is 0 Å². The van der Waals surface area contributed by atoms with Crippen LogP contribution < -0.4 is 0 Å². The van der Waals surface area contributed by atoms with Gasteiger partial charge in [-0.05, 0) is 61.4 Å². The number of pyridine rings is 4. The van der Waals surface area contributed by atoms with Gasteiger partial charge < -0.3 is 0 Å². The van der Waals surface area contributed by atoms with E-state index < -0.39 is 0 Å². The first-order valence-corrected chi connectivity index (χ1v) is 7.30. The van der Waals surface area contributed by atoms with E-state index in [0.717, 1.165) is 46.3 Å². The van der Waals surface area contributed by atoms with E-state index in [2.05, 4.69) is 44.2 Å². The van der Waals surface area contributed by atoms with Crippen molar-refractivity contribution in [2.24, 2.45) is 0 Å². The van der Waals surface area contributed by atoms with Crippen LogP contribution in [0.15, 0.2) is 60.9 Å². The minimum Gasteiger partial charge on any atom is -0.237 e. The Labute approximate surface area is 127 Å². The Morgan fingerprint density at radius 2 is 1.09 bits per heavy atom. The number of hydrogen-bond acceptors (Lipinski definition) is 4. The lowest BCUT2D eigenvalue weighted by Crippen LogP contribution is -1.98. The Morgan fingerprint density at radius 3 is 1.59 bits per heavy atom. The van der Waals surface area contributed by atoms with Crippen LogP contribution in [0.25, 0.3) is 22.1 Å². The van der Waals surface area contributed by atoms with Crippen molar-refractivity contribution < 1.29 is 0 Å². The first-order valence-electron chi connectivity index (χ1n) is 7.30. The fourth-order valence-electron chi connectivity index (χ4n) is 2.52. The van der Waals surface area contributed by atoms with Gasteiger partial charge in [0.1, 0.15) is 0 Å². The smallest absolute Gasteiger partial charge is 0.159 e. The molecule has 0 aliphatic carbocycles. The van der Waals surface area contributed by atoms with Gasteiger partial charge >= 0.3 is 0 Å². The van der Waals surface area contributed by atoms with E-state index in [-0.39, 0.29) is 0 Å². The van der Waals surface area contributed by atoms with E-state index in [0.29, 0.717) is 0 Å². The van der Waals surface area contributed by atoms with Crippen LogP contribution in [0.1, 0.15) is 11.4 Å². The zero-order valence-electron chi connectivity index (χ0n) is 12.0. The Hall–Kier alpha value is -2.88. The van der Waals surface area contributed by atoms with E-state index >= 15 is 0 Å². The molecular formula is C18H14N4. The lowest BCUT2D eigenvalue weighted by atomic mass is 10.1. The highest BCUT2D eigenvalue weighted by molar-refractivity contribution is 5.74. The largest absolute Gasteiger partial charge is 0.237 e. The average Bonchev–Trinajstić information content (AvgIpc) is 2.59. The number of aromatic nitrogens is 4. The molecule has 0 saturated heterocycles. The van der Waals surface area contributed by atoms with Crippen LogP contribution in [0.5, 0.6) is 0 Å². The average molecular weight is 286 g/mol. The third-order valence-electron chi connectivity index (χ3n) is 3.68. The molecule has 0 fully saturated rings. The Morgan fingerprint density at radius 1 is 0.591 bits per heavy atom. The fraction of sp³-hybridized carbons (Fsp3) is 0.111. The van der Waals surface area contributed by atoms with Gasteiger partial charge in [-0.25, -0.2) is 19.9 Å². The first kappa shape index (κ1) is 12.8. The molecule has 0 N–H and O–H groups in total. The molecule has 0 aliphatic heterocycles. The minimum absolute atomic E-state index is 0.799. The molecule has 4 rings (SSSR count). The van der Waals surface area contributed by atoms with Gasteiger partial charge in [-0.15, -0.1) is 0 Å². The number of rotatable bonds is 3. The summed E-state index contributed by atoms with van der Waals surface area (Å²) in [5.41, 5.74) is 3.67. The maximum atomic E-state index is 4.60. The van der Waals surface area contributed by atoms with Crippen molar-refractivity contribution >= 4 is 22.1 Å². The van der Waals surface area contributed by atoms with Gasteiger partial charge in [0.25, 0.3) is 0 Å². The molecule has 0 atom stereocenters. The third-order valence-corrected chi connectivity index (χ3v) is 3.68. The fourth-order valence-corrected chi connectivity index (χ4v) is 2.52. The predicted octanol–water partition coefficient (Wildman–Crippen LogP) is 3.36. The van der Waals surface area contributed by atoms with E-state index in [1.54, 1.807) is 12.4 Å². The highest BCUT2D eigenvalue weighted by atomic mass is 14.9. The normalized spacial score (nSPS) is 11.1. The van der Waals surface area contributed by atoms with Gasteiger partial charge in [0.05, 0.1) is 0 Å². The summed E-state index contributed by atoms with van der Waals surface area (Å²) in [6.07, 6.45) is 5.24. The standard InChI is InChI=1S/C18H14N4/c1-3-13-5-7-15(21-17(13)19-11-1)9-10-16-8-6-14-4-2-12-20-18(14)22-16/h1-8,11-12H,9-10H2. The quantitative estimate of drug-likeness (QED) is 0.579. The molecular weight excluding hydrogens is 272 g/mol. The number of aryl methyl sites for hydroxylation is 2. The molecule has 4 aromatic rings. The van der Waals surface area contributed by atoms with Gasteiger partial charge in [0.15, 0.2) is 11.3 Å². The van der Waals surface area contributed by atoms with Crippen molar-refractivity contribution in [2.75, 3.05) is 0 Å². The summed E-state index contributed by atoms with van der Waals surface area (Å²) >= 11 is 0. The van der Waals surface area contributed by atoms with Gasteiger partial charge in [-0.3, -0.25) is 0 Å². The molecule has 0 radical (unpaired) electrons. The van der Waals surface area contributed by atoms with E-state index in [1.807, 2.05) is 24.3 Å². The zero-order chi connectivity index (χ0) is 14.8. The third kappa shape index (κ3) is 2.51. The molecule has 0 saturated carbocycles. The van der Waals surface area contributed by atoms with Crippen LogP contribution >= 0.6 is 0 Å². The highest BCUT2D eigenvalue weighted by Gasteiger charge is 2.03. The maximum Gasteiger partial charge on any atom is 0.159 e. The molecule has 0 aromatic carbocycles. The topological polar surface area (TPSA) is 51.6 Å². The molecule has 0 aliphatic rings. The molecule has 4 nitrogen and oxygen atoms in total. The summed E-state index contributed by atoms with van der Waals surface area (Å²) < 4.78 is 0. The molecule has 22 heavy (non-hydrogen) atoms. The van der Waals surface area contributed by atoms with Gasteiger partial charge in [0, 0.05) is 34.6 Å². The highest BCUT2D eigenvalue weighted by Crippen LogP contribution is 2.13.